The van der Waals surface area contributed by atoms with E-state index in [9.17, 15) is 0 Å². The molecule has 98 valence electrons. The molecule has 0 aliphatic rings. The Hall–Kier alpha value is -1.21. The van der Waals surface area contributed by atoms with Gasteiger partial charge in [-0.25, -0.2) is 0 Å². The second-order valence-electron chi connectivity index (χ2n) is 4.10. The molecule has 1 atom stereocenters. The summed E-state index contributed by atoms with van der Waals surface area (Å²) in [6.07, 6.45) is 2.56. The maximum absolute atomic E-state index is 4.50. The summed E-state index contributed by atoms with van der Waals surface area (Å²) in [6, 6.07) is 0.126. The minimum Gasteiger partial charge on any atom is -0.311 e. The van der Waals surface area contributed by atoms with E-state index < -0.39 is 0 Å². The van der Waals surface area contributed by atoms with Crippen LogP contribution in [0.15, 0.2) is 10.7 Å². The molecule has 0 radical (unpaired) electrons. The molecular formula is C11H17BrN6. The molecule has 0 aliphatic heterocycles. The van der Waals surface area contributed by atoms with Gasteiger partial charge in [0.2, 0.25) is 0 Å². The highest BCUT2D eigenvalue weighted by Crippen LogP contribution is 2.25. The maximum atomic E-state index is 4.50. The molecule has 7 heteroatoms. The van der Waals surface area contributed by atoms with Gasteiger partial charge in [-0.2, -0.15) is 20.5 Å². The average molecular weight is 313 g/mol. The van der Waals surface area contributed by atoms with Crippen LogP contribution in [0.1, 0.15) is 30.0 Å². The van der Waals surface area contributed by atoms with Crippen LogP contribution >= 0.6 is 15.9 Å². The van der Waals surface area contributed by atoms with E-state index in [4.69, 9.17) is 0 Å². The smallest absolute Gasteiger partial charge is 0.0997 e. The molecule has 0 bridgehead atoms. The fourth-order valence-electron chi connectivity index (χ4n) is 1.99. The topological polar surface area (TPSA) is 71.4 Å². The number of nitrogens with one attached hydrogen (secondary N) is 2. The van der Waals surface area contributed by atoms with E-state index in [0.717, 1.165) is 28.8 Å². The van der Waals surface area contributed by atoms with Crippen LogP contribution in [0.2, 0.25) is 0 Å². The first kappa shape index (κ1) is 13.2. The lowest BCUT2D eigenvalue weighted by molar-refractivity contribution is 0.530. The highest BCUT2D eigenvalue weighted by atomic mass is 79.9. The molecule has 2 aromatic rings. The summed E-state index contributed by atoms with van der Waals surface area (Å²) in [7, 11) is 1.92. The fraction of sp³-hybridized carbons (Fsp3) is 0.545. The number of halogens is 1. The summed E-state index contributed by atoms with van der Waals surface area (Å²) >= 11 is 3.61. The third-order valence-corrected chi connectivity index (χ3v) is 4.02. The van der Waals surface area contributed by atoms with E-state index in [1.807, 2.05) is 18.7 Å². The Balaban J connectivity index is 2.27. The van der Waals surface area contributed by atoms with Gasteiger partial charge in [0.25, 0.3) is 0 Å². The molecule has 6 nitrogen and oxygen atoms in total. The molecule has 0 fully saturated rings. The predicted octanol–water partition coefficient (Wildman–Crippen LogP) is 1.60. The minimum atomic E-state index is 0.126. The molecule has 0 aromatic carbocycles. The molecule has 2 aromatic heterocycles. The summed E-state index contributed by atoms with van der Waals surface area (Å²) in [4.78, 5) is 0. The Morgan fingerprint density at radius 3 is 2.89 bits per heavy atom. The Kier molecular flexibility index (Phi) is 4.13. The van der Waals surface area contributed by atoms with Crippen molar-refractivity contribution in [3.05, 3.63) is 27.8 Å². The van der Waals surface area contributed by atoms with Gasteiger partial charge in [0.1, 0.15) is 0 Å². The van der Waals surface area contributed by atoms with Crippen molar-refractivity contribution in [1.29, 1.82) is 0 Å². The van der Waals surface area contributed by atoms with Crippen molar-refractivity contribution in [3.63, 3.8) is 0 Å². The van der Waals surface area contributed by atoms with Gasteiger partial charge in [-0.05, 0) is 36.8 Å². The third kappa shape index (κ3) is 2.46. The van der Waals surface area contributed by atoms with Gasteiger partial charge in [-0.1, -0.05) is 0 Å². The highest BCUT2D eigenvalue weighted by molar-refractivity contribution is 9.10. The highest BCUT2D eigenvalue weighted by Gasteiger charge is 2.19. The molecule has 0 amide bonds. The van der Waals surface area contributed by atoms with Gasteiger partial charge in [0.15, 0.2) is 0 Å². The van der Waals surface area contributed by atoms with Gasteiger partial charge in [0, 0.05) is 13.0 Å². The third-order valence-electron chi connectivity index (χ3n) is 2.99. The molecule has 0 saturated carbocycles. The van der Waals surface area contributed by atoms with Gasteiger partial charge in [0.05, 0.1) is 33.8 Å². The lowest BCUT2D eigenvalue weighted by Gasteiger charge is -2.14. The Bertz CT molecular complexity index is 504. The molecule has 2 heterocycles. The lowest BCUT2D eigenvalue weighted by atomic mass is 10.1. The van der Waals surface area contributed by atoms with Gasteiger partial charge >= 0.3 is 0 Å². The fourth-order valence-corrected chi connectivity index (χ4v) is 2.44. The predicted molar refractivity (Wildman–Crippen MR) is 72.2 cm³/mol. The molecule has 0 spiro atoms. The zero-order valence-electron chi connectivity index (χ0n) is 10.7. The number of rotatable bonds is 5. The first-order chi connectivity index (χ1) is 8.67. The molecule has 0 aliphatic carbocycles. The number of aryl methyl sites for hydroxylation is 2. The van der Waals surface area contributed by atoms with Crippen LogP contribution in [0.3, 0.4) is 0 Å². The molecule has 18 heavy (non-hydrogen) atoms. The summed E-state index contributed by atoms with van der Waals surface area (Å²) < 4.78 is 3.09. The second kappa shape index (κ2) is 5.62. The van der Waals surface area contributed by atoms with Crippen LogP contribution in [-0.4, -0.2) is 32.2 Å². The van der Waals surface area contributed by atoms with Gasteiger partial charge in [-0.15, -0.1) is 0 Å². The van der Waals surface area contributed by atoms with Crippen molar-refractivity contribution < 1.29 is 0 Å². The van der Waals surface area contributed by atoms with E-state index in [0.29, 0.717) is 0 Å². The van der Waals surface area contributed by atoms with Crippen LogP contribution in [0.4, 0.5) is 0 Å². The molecular weight excluding hydrogens is 296 g/mol. The SMILES string of the molecule is CCn1nc(C)c(Br)c1CC(NC)c1cn[nH]n1. The van der Waals surface area contributed by atoms with E-state index >= 15 is 0 Å². The van der Waals surface area contributed by atoms with Crippen molar-refractivity contribution in [1.82, 2.24) is 30.5 Å². The zero-order valence-corrected chi connectivity index (χ0v) is 12.3. The van der Waals surface area contributed by atoms with Crippen molar-refractivity contribution in [3.8, 4) is 0 Å². The van der Waals surface area contributed by atoms with Crippen LogP contribution in [0.25, 0.3) is 0 Å². The standard InChI is InChI=1S/C11H17BrN6/c1-4-18-10(11(12)7(2)16-18)5-8(13-3)9-6-14-17-15-9/h6,8,13H,4-5H2,1-3H3,(H,14,15,17). The Morgan fingerprint density at radius 1 is 1.56 bits per heavy atom. The normalized spacial score (nSPS) is 12.9. The van der Waals surface area contributed by atoms with E-state index in [1.54, 1.807) is 6.20 Å². The number of hydrogen-bond donors (Lipinski definition) is 2. The lowest BCUT2D eigenvalue weighted by Crippen LogP contribution is -2.21. The number of hydrogen-bond acceptors (Lipinski definition) is 4. The average Bonchev–Trinajstić information content (AvgIpc) is 2.98. The molecule has 2 N–H and O–H groups in total. The van der Waals surface area contributed by atoms with Crippen LogP contribution in [0.5, 0.6) is 0 Å². The largest absolute Gasteiger partial charge is 0.311 e. The number of likely N-dealkylation sites (N-methyl/N-ethyl adjacent to an activating group) is 1. The first-order valence-electron chi connectivity index (χ1n) is 5.92. The first-order valence-corrected chi connectivity index (χ1v) is 6.71. The summed E-state index contributed by atoms with van der Waals surface area (Å²) in [5.41, 5.74) is 3.10. The number of H-pyrrole nitrogens is 1. The van der Waals surface area contributed by atoms with Crippen LogP contribution in [0, 0.1) is 6.92 Å². The van der Waals surface area contributed by atoms with Crippen molar-refractivity contribution in [2.45, 2.75) is 32.9 Å². The van der Waals surface area contributed by atoms with Gasteiger partial charge < -0.3 is 5.32 Å². The second-order valence-corrected chi connectivity index (χ2v) is 4.90. The van der Waals surface area contributed by atoms with Gasteiger partial charge in [-0.3, -0.25) is 4.68 Å². The van der Waals surface area contributed by atoms with E-state index in [-0.39, 0.29) is 6.04 Å². The van der Waals surface area contributed by atoms with Crippen molar-refractivity contribution >= 4 is 15.9 Å². The summed E-state index contributed by atoms with van der Waals surface area (Å²) in [5.74, 6) is 0. The number of nitrogens with zero attached hydrogens (tertiary/aromatic N) is 4. The minimum absolute atomic E-state index is 0.126. The van der Waals surface area contributed by atoms with Crippen LogP contribution < -0.4 is 5.32 Å². The Morgan fingerprint density at radius 2 is 2.33 bits per heavy atom. The molecule has 2 rings (SSSR count). The summed E-state index contributed by atoms with van der Waals surface area (Å²) in [5, 5.41) is 18.4. The Labute approximate surface area is 114 Å². The van der Waals surface area contributed by atoms with Crippen LogP contribution in [-0.2, 0) is 13.0 Å². The zero-order chi connectivity index (χ0) is 13.1. The van der Waals surface area contributed by atoms with E-state index in [2.05, 4.69) is 48.7 Å². The number of aromatic nitrogens is 5. The van der Waals surface area contributed by atoms with Crippen molar-refractivity contribution in [2.75, 3.05) is 7.05 Å². The monoisotopic (exact) mass is 312 g/mol. The van der Waals surface area contributed by atoms with E-state index in [1.165, 1.54) is 5.69 Å². The van der Waals surface area contributed by atoms with Crippen molar-refractivity contribution in [2.24, 2.45) is 0 Å². The number of aromatic amines is 1. The summed E-state index contributed by atoms with van der Waals surface area (Å²) in [6.45, 7) is 4.95. The molecule has 0 saturated heterocycles. The molecule has 1 unspecified atom stereocenters. The quantitative estimate of drug-likeness (QED) is 0.879. The maximum Gasteiger partial charge on any atom is 0.0997 e.